The molecule has 0 amide bonds. The van der Waals surface area contributed by atoms with E-state index in [0.717, 1.165) is 24.1 Å². The minimum Gasteiger partial charge on any atom is -0.354 e. The predicted octanol–water partition coefficient (Wildman–Crippen LogP) is 4.38. The lowest BCUT2D eigenvalue weighted by Crippen LogP contribution is -2.34. The Hall–Kier alpha value is -0.570. The van der Waals surface area contributed by atoms with Gasteiger partial charge in [-0.05, 0) is 25.8 Å². The third kappa shape index (κ3) is 3.98. The summed E-state index contributed by atoms with van der Waals surface area (Å²) in [5.41, 5.74) is 1.28. The third-order valence-electron chi connectivity index (χ3n) is 3.16. The van der Waals surface area contributed by atoms with E-state index in [9.17, 15) is 0 Å². The van der Waals surface area contributed by atoms with E-state index < -0.39 is 0 Å². The lowest BCUT2D eigenvalue weighted by Gasteiger charge is -2.31. The monoisotopic (exact) mass is 298 g/mol. The van der Waals surface area contributed by atoms with Gasteiger partial charge < -0.3 is 4.90 Å². The average molecular weight is 299 g/mol. The van der Waals surface area contributed by atoms with Gasteiger partial charge in [-0.1, -0.05) is 42.3 Å². The van der Waals surface area contributed by atoms with Crippen molar-refractivity contribution in [1.29, 1.82) is 0 Å². The molecule has 1 aromatic rings. The molecule has 96 valence electrons. The van der Waals surface area contributed by atoms with Crippen molar-refractivity contribution < 1.29 is 0 Å². The van der Waals surface area contributed by atoms with E-state index >= 15 is 0 Å². The van der Waals surface area contributed by atoms with E-state index in [2.05, 4.69) is 52.7 Å². The van der Waals surface area contributed by atoms with Crippen LogP contribution in [0.4, 0.5) is 5.82 Å². The van der Waals surface area contributed by atoms with Crippen molar-refractivity contribution in [2.75, 3.05) is 11.4 Å². The molecule has 1 rings (SSSR count). The van der Waals surface area contributed by atoms with Gasteiger partial charge in [-0.25, -0.2) is 4.98 Å². The highest BCUT2D eigenvalue weighted by molar-refractivity contribution is 9.08. The fraction of sp³-hybridized carbons (Fsp3) is 0.643. The fourth-order valence-corrected chi connectivity index (χ4v) is 2.31. The Balaban J connectivity index is 2.94. The van der Waals surface area contributed by atoms with Crippen molar-refractivity contribution in [2.24, 2.45) is 0 Å². The van der Waals surface area contributed by atoms with Crippen LogP contribution in [-0.2, 0) is 5.33 Å². The normalized spacial score (nSPS) is 12.5. The van der Waals surface area contributed by atoms with Crippen molar-refractivity contribution in [3.8, 4) is 0 Å². The summed E-state index contributed by atoms with van der Waals surface area (Å²) >= 11 is 3.55. The molecule has 0 saturated heterocycles. The van der Waals surface area contributed by atoms with Crippen LogP contribution in [0.5, 0.6) is 0 Å². The second-order valence-electron chi connectivity index (χ2n) is 4.42. The van der Waals surface area contributed by atoms with Crippen molar-refractivity contribution in [1.82, 2.24) is 4.98 Å². The molecule has 2 nitrogen and oxygen atoms in total. The first-order chi connectivity index (χ1) is 8.24. The zero-order valence-corrected chi connectivity index (χ0v) is 12.7. The third-order valence-corrected chi connectivity index (χ3v) is 3.76. The molecule has 17 heavy (non-hydrogen) atoms. The summed E-state index contributed by atoms with van der Waals surface area (Å²) < 4.78 is 0. The predicted molar refractivity (Wildman–Crippen MR) is 78.9 cm³/mol. The number of unbranched alkanes of at least 4 members (excludes halogenated alkanes) is 1. The molecular formula is C14H23BrN2. The molecule has 1 heterocycles. The van der Waals surface area contributed by atoms with Crippen LogP contribution in [-0.4, -0.2) is 17.6 Å². The minimum absolute atomic E-state index is 0.550. The van der Waals surface area contributed by atoms with Gasteiger partial charge in [-0.3, -0.25) is 0 Å². The van der Waals surface area contributed by atoms with E-state index in [-0.39, 0.29) is 0 Å². The Morgan fingerprint density at radius 3 is 2.76 bits per heavy atom. The van der Waals surface area contributed by atoms with Crippen LogP contribution in [0.25, 0.3) is 0 Å². The molecular weight excluding hydrogens is 276 g/mol. The van der Waals surface area contributed by atoms with Gasteiger partial charge in [-0.2, -0.15) is 0 Å². The number of hydrogen-bond acceptors (Lipinski definition) is 2. The molecule has 0 saturated carbocycles. The maximum Gasteiger partial charge on any atom is 0.132 e. The van der Waals surface area contributed by atoms with Gasteiger partial charge in [0, 0.05) is 29.7 Å². The van der Waals surface area contributed by atoms with E-state index in [1.54, 1.807) is 0 Å². The van der Waals surface area contributed by atoms with Crippen LogP contribution < -0.4 is 4.90 Å². The number of pyridine rings is 1. The van der Waals surface area contributed by atoms with Gasteiger partial charge in [-0.15, -0.1) is 0 Å². The SMILES string of the molecule is CCCCN(c1ncccc1CBr)C(C)CC. The Morgan fingerprint density at radius 1 is 1.41 bits per heavy atom. The molecule has 0 aliphatic rings. The summed E-state index contributed by atoms with van der Waals surface area (Å²) in [6.07, 6.45) is 5.50. The molecule has 3 heteroatoms. The lowest BCUT2D eigenvalue weighted by atomic mass is 10.1. The molecule has 0 bridgehead atoms. The first kappa shape index (κ1) is 14.5. The summed E-state index contributed by atoms with van der Waals surface area (Å²) in [4.78, 5) is 7.01. The molecule has 1 atom stereocenters. The molecule has 0 aliphatic carbocycles. The van der Waals surface area contributed by atoms with Crippen LogP contribution in [0.2, 0.25) is 0 Å². The van der Waals surface area contributed by atoms with Crippen molar-refractivity contribution in [2.45, 2.75) is 51.4 Å². The standard InChI is InChI=1S/C14H23BrN2/c1-4-6-10-17(12(3)5-2)14-13(11-15)8-7-9-16-14/h7-9,12H,4-6,10-11H2,1-3H3. The zero-order valence-electron chi connectivity index (χ0n) is 11.1. The quantitative estimate of drug-likeness (QED) is 0.695. The van der Waals surface area contributed by atoms with Gasteiger partial charge >= 0.3 is 0 Å². The van der Waals surface area contributed by atoms with Crippen molar-refractivity contribution in [3.63, 3.8) is 0 Å². The second kappa shape index (κ2) is 7.70. The molecule has 1 aromatic heterocycles. The Labute approximate surface area is 114 Å². The van der Waals surface area contributed by atoms with E-state index in [0.29, 0.717) is 6.04 Å². The maximum atomic E-state index is 4.57. The molecule has 0 radical (unpaired) electrons. The van der Waals surface area contributed by atoms with Crippen molar-refractivity contribution >= 4 is 21.7 Å². The Kier molecular flexibility index (Phi) is 6.56. The van der Waals surface area contributed by atoms with E-state index in [4.69, 9.17) is 0 Å². The van der Waals surface area contributed by atoms with Crippen LogP contribution in [0, 0.1) is 0 Å². The Bertz CT molecular complexity index is 328. The summed E-state index contributed by atoms with van der Waals surface area (Å²) in [7, 11) is 0. The summed E-state index contributed by atoms with van der Waals surface area (Å²) in [5.74, 6) is 1.15. The highest BCUT2D eigenvalue weighted by Gasteiger charge is 2.16. The maximum absolute atomic E-state index is 4.57. The second-order valence-corrected chi connectivity index (χ2v) is 4.98. The number of aromatic nitrogens is 1. The largest absolute Gasteiger partial charge is 0.354 e. The van der Waals surface area contributed by atoms with Gasteiger partial charge in [0.15, 0.2) is 0 Å². The molecule has 0 aromatic carbocycles. The molecule has 1 unspecified atom stereocenters. The zero-order chi connectivity index (χ0) is 12.7. The number of rotatable bonds is 7. The van der Waals surface area contributed by atoms with Gasteiger partial charge in [0.2, 0.25) is 0 Å². The number of anilines is 1. The van der Waals surface area contributed by atoms with Gasteiger partial charge in [0.25, 0.3) is 0 Å². The van der Waals surface area contributed by atoms with Crippen molar-refractivity contribution in [3.05, 3.63) is 23.9 Å². The number of alkyl halides is 1. The van der Waals surface area contributed by atoms with E-state index in [1.807, 2.05) is 12.3 Å². The smallest absolute Gasteiger partial charge is 0.132 e. The van der Waals surface area contributed by atoms with Gasteiger partial charge in [0.05, 0.1) is 0 Å². The molecule has 0 fully saturated rings. The lowest BCUT2D eigenvalue weighted by molar-refractivity contribution is 0.588. The topological polar surface area (TPSA) is 16.1 Å². The summed E-state index contributed by atoms with van der Waals surface area (Å²) in [6.45, 7) is 7.85. The van der Waals surface area contributed by atoms with Crippen LogP contribution in [0.1, 0.15) is 45.6 Å². The average Bonchev–Trinajstić information content (AvgIpc) is 2.39. The van der Waals surface area contributed by atoms with Crippen LogP contribution >= 0.6 is 15.9 Å². The fourth-order valence-electron chi connectivity index (χ4n) is 1.88. The number of halogens is 1. The van der Waals surface area contributed by atoms with Crippen LogP contribution in [0.3, 0.4) is 0 Å². The van der Waals surface area contributed by atoms with Gasteiger partial charge in [0.1, 0.15) is 5.82 Å². The molecule has 0 aliphatic heterocycles. The summed E-state index contributed by atoms with van der Waals surface area (Å²) in [5, 5.41) is 0.870. The minimum atomic E-state index is 0.550. The molecule has 0 spiro atoms. The first-order valence-corrected chi connectivity index (χ1v) is 7.63. The highest BCUT2D eigenvalue weighted by atomic mass is 79.9. The number of nitrogens with zero attached hydrogens (tertiary/aromatic N) is 2. The first-order valence-electron chi connectivity index (χ1n) is 6.51. The highest BCUT2D eigenvalue weighted by Crippen LogP contribution is 2.23. The van der Waals surface area contributed by atoms with E-state index in [1.165, 1.54) is 18.4 Å². The molecule has 0 N–H and O–H groups in total. The summed E-state index contributed by atoms with van der Waals surface area (Å²) in [6, 6.07) is 4.71. The number of hydrogen-bond donors (Lipinski definition) is 0. The van der Waals surface area contributed by atoms with Crippen LogP contribution in [0.15, 0.2) is 18.3 Å². The Morgan fingerprint density at radius 2 is 2.18 bits per heavy atom.